The molecule has 2 aromatic heterocycles. The number of aromatic nitrogens is 2. The molecule has 1 fully saturated rings. The van der Waals surface area contributed by atoms with Gasteiger partial charge in [0.05, 0.1) is 12.3 Å². The number of furan rings is 1. The molecule has 25 heavy (non-hydrogen) atoms. The van der Waals surface area contributed by atoms with Crippen molar-refractivity contribution in [3.63, 3.8) is 0 Å². The molecule has 2 aromatic rings. The van der Waals surface area contributed by atoms with E-state index < -0.39 is 11.2 Å². The van der Waals surface area contributed by atoms with Gasteiger partial charge in [0.1, 0.15) is 17.6 Å². The molecular formula is C17H21N5O3. The average Bonchev–Trinajstić information content (AvgIpc) is 3.32. The summed E-state index contributed by atoms with van der Waals surface area (Å²) in [6.07, 6.45) is 3.89. The first-order valence-electron chi connectivity index (χ1n) is 8.26. The molecule has 1 N–H and O–H groups in total. The van der Waals surface area contributed by atoms with E-state index in [1.54, 1.807) is 13.3 Å². The molecule has 0 spiro atoms. The molecular weight excluding hydrogens is 322 g/mol. The summed E-state index contributed by atoms with van der Waals surface area (Å²) in [6.45, 7) is 2.37. The summed E-state index contributed by atoms with van der Waals surface area (Å²) >= 11 is 0. The zero-order valence-corrected chi connectivity index (χ0v) is 14.4. The van der Waals surface area contributed by atoms with E-state index in [2.05, 4.69) is 10.2 Å². The Hall–Kier alpha value is -2.79. The van der Waals surface area contributed by atoms with Crippen LogP contribution in [0.5, 0.6) is 0 Å². The van der Waals surface area contributed by atoms with Crippen molar-refractivity contribution in [2.75, 3.05) is 25.0 Å². The van der Waals surface area contributed by atoms with E-state index in [4.69, 9.17) is 4.42 Å². The quantitative estimate of drug-likeness (QED) is 0.862. The lowest BCUT2D eigenvalue weighted by molar-refractivity contribution is 0.225. The standard InChI is InChI=1S/C17H21N5O3/c1-20-15(12(10-18)16(23)21(2)17(20)24)19-11-13(14-6-5-9-25-14)22-7-3-4-8-22/h5-6,9,13,19H,3-4,7-8,11H2,1-2H3/t13-/m1/s1. The summed E-state index contributed by atoms with van der Waals surface area (Å²) in [5, 5.41) is 12.5. The fourth-order valence-electron chi connectivity index (χ4n) is 3.29. The molecule has 0 radical (unpaired) electrons. The first kappa shape index (κ1) is 17.0. The van der Waals surface area contributed by atoms with Crippen LogP contribution in [-0.4, -0.2) is 33.7 Å². The van der Waals surface area contributed by atoms with Crippen LogP contribution in [0.15, 0.2) is 32.4 Å². The Morgan fingerprint density at radius 2 is 2.00 bits per heavy atom. The normalized spacial score (nSPS) is 15.9. The number of likely N-dealkylation sites (tertiary alicyclic amines) is 1. The van der Waals surface area contributed by atoms with E-state index in [1.807, 2.05) is 18.2 Å². The maximum atomic E-state index is 12.2. The van der Waals surface area contributed by atoms with Crippen molar-refractivity contribution in [3.05, 3.63) is 50.6 Å². The van der Waals surface area contributed by atoms with Crippen LogP contribution in [0.4, 0.5) is 5.82 Å². The zero-order valence-electron chi connectivity index (χ0n) is 14.4. The average molecular weight is 343 g/mol. The molecule has 1 atom stereocenters. The van der Waals surface area contributed by atoms with Crippen molar-refractivity contribution in [1.29, 1.82) is 5.26 Å². The van der Waals surface area contributed by atoms with Gasteiger partial charge >= 0.3 is 5.69 Å². The molecule has 1 saturated heterocycles. The third-order valence-electron chi connectivity index (χ3n) is 4.69. The van der Waals surface area contributed by atoms with Crippen LogP contribution in [0.1, 0.15) is 30.2 Å². The lowest BCUT2D eigenvalue weighted by Crippen LogP contribution is -2.40. The molecule has 8 heteroatoms. The van der Waals surface area contributed by atoms with Gasteiger partial charge < -0.3 is 9.73 Å². The van der Waals surface area contributed by atoms with Crippen molar-refractivity contribution < 1.29 is 4.42 Å². The summed E-state index contributed by atoms with van der Waals surface area (Å²) in [6, 6.07) is 5.64. The van der Waals surface area contributed by atoms with Gasteiger partial charge in [-0.1, -0.05) is 0 Å². The fraction of sp³-hybridized carbons (Fsp3) is 0.471. The molecule has 0 aromatic carbocycles. The number of nitrogens with one attached hydrogen (secondary N) is 1. The number of nitrogens with zero attached hydrogens (tertiary/aromatic N) is 4. The van der Waals surface area contributed by atoms with E-state index in [-0.39, 0.29) is 17.4 Å². The minimum absolute atomic E-state index is 0.0248. The molecule has 1 aliphatic rings. The van der Waals surface area contributed by atoms with Crippen molar-refractivity contribution in [1.82, 2.24) is 14.0 Å². The van der Waals surface area contributed by atoms with Crippen molar-refractivity contribution in [2.24, 2.45) is 14.1 Å². The van der Waals surface area contributed by atoms with Crippen LogP contribution >= 0.6 is 0 Å². The second-order valence-electron chi connectivity index (χ2n) is 6.20. The van der Waals surface area contributed by atoms with E-state index >= 15 is 0 Å². The number of rotatable bonds is 5. The van der Waals surface area contributed by atoms with Gasteiger partial charge in [-0.3, -0.25) is 18.8 Å². The van der Waals surface area contributed by atoms with Gasteiger partial charge in [-0.05, 0) is 38.1 Å². The van der Waals surface area contributed by atoms with Gasteiger partial charge in [-0.15, -0.1) is 0 Å². The lowest BCUT2D eigenvalue weighted by Gasteiger charge is -2.27. The molecule has 0 amide bonds. The van der Waals surface area contributed by atoms with E-state index in [0.29, 0.717) is 6.54 Å². The first-order valence-corrected chi connectivity index (χ1v) is 8.26. The molecule has 0 saturated carbocycles. The van der Waals surface area contributed by atoms with Crippen molar-refractivity contribution in [3.8, 4) is 6.07 Å². The Balaban J connectivity index is 1.93. The number of hydrogen-bond acceptors (Lipinski definition) is 6. The van der Waals surface area contributed by atoms with E-state index in [1.165, 1.54) is 11.6 Å². The van der Waals surface area contributed by atoms with Gasteiger partial charge in [0, 0.05) is 20.6 Å². The molecule has 3 heterocycles. The minimum Gasteiger partial charge on any atom is -0.468 e. The SMILES string of the molecule is Cn1c(NC[C@H](c2ccco2)N2CCCC2)c(C#N)c(=O)n(C)c1=O. The Labute approximate surface area is 144 Å². The van der Waals surface area contributed by atoms with Crippen molar-refractivity contribution in [2.45, 2.75) is 18.9 Å². The maximum Gasteiger partial charge on any atom is 0.332 e. The van der Waals surface area contributed by atoms with Gasteiger partial charge in [0.2, 0.25) is 0 Å². The Morgan fingerprint density at radius 3 is 2.60 bits per heavy atom. The Kier molecular flexibility index (Phi) is 4.76. The monoisotopic (exact) mass is 343 g/mol. The molecule has 0 unspecified atom stereocenters. The highest BCUT2D eigenvalue weighted by Gasteiger charge is 2.26. The predicted molar refractivity (Wildman–Crippen MR) is 92.4 cm³/mol. The Bertz CT molecular complexity index is 898. The molecule has 1 aliphatic heterocycles. The fourth-order valence-corrected chi connectivity index (χ4v) is 3.29. The largest absolute Gasteiger partial charge is 0.468 e. The third kappa shape index (κ3) is 3.10. The second kappa shape index (κ2) is 6.99. The van der Waals surface area contributed by atoms with Crippen LogP contribution < -0.4 is 16.6 Å². The summed E-state index contributed by atoms with van der Waals surface area (Å²) in [7, 11) is 2.91. The molecule has 0 bridgehead atoms. The molecule has 3 rings (SSSR count). The first-order chi connectivity index (χ1) is 12.0. The lowest BCUT2D eigenvalue weighted by atomic mass is 10.2. The van der Waals surface area contributed by atoms with Crippen LogP contribution in [-0.2, 0) is 14.1 Å². The predicted octanol–water partition coefficient (Wildman–Crippen LogP) is 0.798. The molecule has 132 valence electrons. The number of anilines is 1. The smallest absolute Gasteiger partial charge is 0.332 e. The van der Waals surface area contributed by atoms with Gasteiger partial charge in [0.25, 0.3) is 5.56 Å². The highest BCUT2D eigenvalue weighted by Crippen LogP contribution is 2.26. The summed E-state index contributed by atoms with van der Waals surface area (Å²) in [5.41, 5.74) is -1.13. The van der Waals surface area contributed by atoms with Crippen molar-refractivity contribution >= 4 is 5.82 Å². The van der Waals surface area contributed by atoms with Gasteiger partial charge in [-0.2, -0.15) is 5.26 Å². The summed E-state index contributed by atoms with van der Waals surface area (Å²) < 4.78 is 7.80. The van der Waals surface area contributed by atoms with E-state index in [0.717, 1.165) is 36.3 Å². The number of nitriles is 1. The molecule has 0 aliphatic carbocycles. The number of hydrogen-bond donors (Lipinski definition) is 1. The van der Waals surface area contributed by atoms with E-state index in [9.17, 15) is 14.9 Å². The van der Waals surface area contributed by atoms with Gasteiger partial charge in [0.15, 0.2) is 5.56 Å². The van der Waals surface area contributed by atoms with Crippen LogP contribution in [0.25, 0.3) is 0 Å². The minimum atomic E-state index is -0.594. The maximum absolute atomic E-state index is 12.2. The summed E-state index contributed by atoms with van der Waals surface area (Å²) in [4.78, 5) is 26.6. The highest BCUT2D eigenvalue weighted by atomic mass is 16.3. The van der Waals surface area contributed by atoms with Crippen LogP contribution in [0, 0.1) is 11.3 Å². The van der Waals surface area contributed by atoms with Gasteiger partial charge in [-0.25, -0.2) is 4.79 Å². The van der Waals surface area contributed by atoms with Crippen LogP contribution in [0.3, 0.4) is 0 Å². The van der Waals surface area contributed by atoms with Crippen LogP contribution in [0.2, 0.25) is 0 Å². The second-order valence-corrected chi connectivity index (χ2v) is 6.20. The topological polar surface area (TPSA) is 96.2 Å². The molecule has 8 nitrogen and oxygen atoms in total. The zero-order chi connectivity index (χ0) is 18.0. The Morgan fingerprint density at radius 1 is 1.28 bits per heavy atom. The third-order valence-corrected chi connectivity index (χ3v) is 4.69. The summed E-state index contributed by atoms with van der Waals surface area (Å²) in [5.74, 6) is 1.06. The highest BCUT2D eigenvalue weighted by molar-refractivity contribution is 5.51.